The van der Waals surface area contributed by atoms with Crippen molar-refractivity contribution in [1.29, 1.82) is 0 Å². The van der Waals surface area contributed by atoms with Crippen LogP contribution in [0.5, 0.6) is 0 Å². The topological polar surface area (TPSA) is 89.6 Å². The second-order valence-electron chi connectivity index (χ2n) is 1.79. The Morgan fingerprint density at radius 3 is 2.60 bits per heavy atom. The summed E-state index contributed by atoms with van der Waals surface area (Å²) in [4.78, 5) is 0. The predicted octanol–water partition coefficient (Wildman–Crippen LogP) is -1.76. The van der Waals surface area contributed by atoms with Crippen molar-refractivity contribution in [3.8, 4) is 0 Å². The number of rotatable bonds is 5. The van der Waals surface area contributed by atoms with E-state index in [-0.39, 0.29) is 13.2 Å². The molecule has 10 heavy (non-hydrogen) atoms. The van der Waals surface area contributed by atoms with Gasteiger partial charge in [0, 0.05) is 12.6 Å². The van der Waals surface area contributed by atoms with Crippen molar-refractivity contribution in [2.24, 2.45) is 5.73 Å². The van der Waals surface area contributed by atoms with Crippen LogP contribution in [0.3, 0.4) is 0 Å². The lowest BCUT2D eigenvalue weighted by Crippen LogP contribution is -2.26. The van der Waals surface area contributed by atoms with Crippen molar-refractivity contribution in [2.45, 2.75) is 12.5 Å². The largest absolute Gasteiger partial charge is 0.396 e. The lowest BCUT2D eigenvalue weighted by Gasteiger charge is -2.05. The summed E-state index contributed by atoms with van der Waals surface area (Å²) in [6.45, 7) is -0.112. The first-order chi connectivity index (χ1) is 4.66. The fraction of sp³-hybridized carbons (Fsp3) is 1.00. The van der Waals surface area contributed by atoms with Crippen LogP contribution in [-0.2, 0) is 15.2 Å². The Bertz CT molecular complexity index is 138. The highest BCUT2D eigenvalue weighted by Crippen LogP contribution is 1.87. The molecule has 0 fully saturated rings. The Labute approximate surface area is 60.9 Å². The molecule has 0 rings (SSSR count). The molecule has 1 atom stereocenters. The smallest absolute Gasteiger partial charge is 0.257 e. The number of aliphatic hydroxyl groups excluding tert-OH is 1. The first kappa shape index (κ1) is 9.83. The molecule has 62 valence electrons. The molecule has 0 amide bonds. The highest BCUT2D eigenvalue weighted by atomic mass is 32.2. The molecule has 0 aromatic carbocycles. The van der Waals surface area contributed by atoms with Crippen molar-refractivity contribution in [3.05, 3.63) is 0 Å². The molecule has 0 spiro atoms. The first-order valence-corrected chi connectivity index (χ1v) is 3.90. The summed E-state index contributed by atoms with van der Waals surface area (Å²) in [6, 6.07) is -0.405. The van der Waals surface area contributed by atoms with E-state index < -0.39 is 17.0 Å². The summed E-state index contributed by atoms with van der Waals surface area (Å²) in [5, 5.41) is 8.32. The van der Waals surface area contributed by atoms with E-state index in [2.05, 4.69) is 4.18 Å². The summed E-state index contributed by atoms with van der Waals surface area (Å²) < 4.78 is 23.8. The zero-order chi connectivity index (χ0) is 7.98. The van der Waals surface area contributed by atoms with Gasteiger partial charge in [-0.25, -0.2) is 8.42 Å². The van der Waals surface area contributed by atoms with E-state index in [0.717, 1.165) is 0 Å². The number of aliphatic hydroxyl groups is 1. The molecule has 6 heteroatoms. The minimum Gasteiger partial charge on any atom is -0.396 e. The van der Waals surface area contributed by atoms with Gasteiger partial charge < -0.3 is 10.8 Å². The third kappa shape index (κ3) is 5.96. The van der Waals surface area contributed by atoms with Gasteiger partial charge in [0.1, 0.15) is 0 Å². The zero-order valence-electron chi connectivity index (χ0n) is 5.40. The van der Waals surface area contributed by atoms with Crippen molar-refractivity contribution in [1.82, 2.24) is 0 Å². The first-order valence-electron chi connectivity index (χ1n) is 2.80. The van der Waals surface area contributed by atoms with Crippen LogP contribution in [0.25, 0.3) is 0 Å². The third-order valence-corrected chi connectivity index (χ3v) is 1.25. The van der Waals surface area contributed by atoms with Crippen LogP contribution in [0.2, 0.25) is 0 Å². The summed E-state index contributed by atoms with van der Waals surface area (Å²) in [6.07, 6.45) is 0.350. The maximum Gasteiger partial charge on any atom is 0.257 e. The summed E-state index contributed by atoms with van der Waals surface area (Å²) in [5.74, 6) is 0. The number of thiol groups is 1. The molecule has 0 aliphatic heterocycles. The molecule has 0 heterocycles. The average Bonchev–Trinajstić information content (AvgIpc) is 1.85. The molecule has 0 aliphatic carbocycles. The molecule has 0 saturated heterocycles. The lowest BCUT2D eigenvalue weighted by atomic mass is 10.2. The van der Waals surface area contributed by atoms with Gasteiger partial charge in [-0.3, -0.25) is 4.18 Å². The Morgan fingerprint density at radius 2 is 2.20 bits per heavy atom. The van der Waals surface area contributed by atoms with Crippen LogP contribution >= 0.6 is 0 Å². The van der Waals surface area contributed by atoms with E-state index in [1.54, 1.807) is 0 Å². The van der Waals surface area contributed by atoms with E-state index in [9.17, 15) is 8.42 Å². The Morgan fingerprint density at radius 1 is 1.60 bits per heavy atom. The number of nitrogens with two attached hydrogens (primary N) is 1. The van der Waals surface area contributed by atoms with E-state index in [4.69, 9.17) is 10.8 Å². The Hall–Kier alpha value is -0.170. The molecule has 0 saturated carbocycles. The molecule has 0 bridgehead atoms. The molecule has 3 N–H and O–H groups in total. The quantitative estimate of drug-likeness (QED) is 0.424. The predicted molar refractivity (Wildman–Crippen MR) is 35.9 cm³/mol. The van der Waals surface area contributed by atoms with E-state index >= 15 is 0 Å². The van der Waals surface area contributed by atoms with Crippen molar-refractivity contribution < 1.29 is 17.7 Å². The van der Waals surface area contributed by atoms with Crippen molar-refractivity contribution in [2.75, 3.05) is 13.2 Å². The van der Waals surface area contributed by atoms with E-state index in [0.29, 0.717) is 6.42 Å². The van der Waals surface area contributed by atoms with Crippen LogP contribution in [-0.4, -0.2) is 32.8 Å². The van der Waals surface area contributed by atoms with Gasteiger partial charge in [0.2, 0.25) is 0 Å². The van der Waals surface area contributed by atoms with Gasteiger partial charge in [-0.1, -0.05) is 0 Å². The maximum atomic E-state index is 9.80. The lowest BCUT2D eigenvalue weighted by molar-refractivity contribution is 0.240. The minimum absolute atomic E-state index is 0.0554. The van der Waals surface area contributed by atoms with Crippen molar-refractivity contribution >= 4 is 11.0 Å². The van der Waals surface area contributed by atoms with Crippen LogP contribution in [0.4, 0.5) is 0 Å². The van der Waals surface area contributed by atoms with E-state index in [1.807, 2.05) is 0 Å². The summed E-state index contributed by atoms with van der Waals surface area (Å²) in [7, 11) is -2.81. The molecule has 0 aromatic rings. The van der Waals surface area contributed by atoms with Gasteiger partial charge in [0.05, 0.1) is 6.61 Å². The highest BCUT2D eigenvalue weighted by molar-refractivity contribution is 7.67. The minimum atomic E-state index is -2.81. The monoisotopic (exact) mass is 169 g/mol. The van der Waals surface area contributed by atoms with Crippen LogP contribution in [0.15, 0.2) is 0 Å². The maximum absolute atomic E-state index is 9.80. The summed E-state index contributed by atoms with van der Waals surface area (Å²) >= 11 is 0. The van der Waals surface area contributed by atoms with Gasteiger partial charge in [-0.15, -0.1) is 0 Å². The molecule has 5 nitrogen and oxygen atoms in total. The normalized spacial score (nSPS) is 13.9. The summed E-state index contributed by atoms with van der Waals surface area (Å²) in [5.41, 5.74) is 5.28. The molecule has 0 radical (unpaired) electrons. The fourth-order valence-electron chi connectivity index (χ4n) is 0.406. The third-order valence-electron chi connectivity index (χ3n) is 0.894. The highest BCUT2D eigenvalue weighted by Gasteiger charge is 2.00. The Kier molecular flexibility index (Phi) is 5.51. The van der Waals surface area contributed by atoms with Crippen molar-refractivity contribution in [3.63, 3.8) is 0 Å². The van der Waals surface area contributed by atoms with Gasteiger partial charge in [-0.2, -0.15) is 0 Å². The van der Waals surface area contributed by atoms with E-state index in [1.165, 1.54) is 0 Å². The van der Waals surface area contributed by atoms with Crippen LogP contribution in [0, 0.1) is 0 Å². The standard InChI is InChI=1S/C4H11NO4S/c5-4(1-2-6)3-9-10(7)8/h4,6,10H,1-3,5H2. The Balaban J connectivity index is 3.29. The molecular weight excluding hydrogens is 158 g/mol. The fourth-order valence-corrected chi connectivity index (χ4v) is 0.719. The molecule has 0 aromatic heterocycles. The van der Waals surface area contributed by atoms with Gasteiger partial charge in [0.15, 0.2) is 0 Å². The van der Waals surface area contributed by atoms with Gasteiger partial charge >= 0.3 is 0 Å². The SMILES string of the molecule is NC(CCO)CO[SH](=O)=O. The van der Waals surface area contributed by atoms with Crippen LogP contribution < -0.4 is 5.73 Å². The average molecular weight is 169 g/mol. The zero-order valence-corrected chi connectivity index (χ0v) is 6.29. The second-order valence-corrected chi connectivity index (χ2v) is 2.50. The molecule has 1 unspecified atom stereocenters. The van der Waals surface area contributed by atoms with Gasteiger partial charge in [0.25, 0.3) is 11.0 Å². The molecular formula is C4H11NO4S. The van der Waals surface area contributed by atoms with Gasteiger partial charge in [-0.05, 0) is 6.42 Å². The number of hydrogen-bond acceptors (Lipinski definition) is 5. The number of hydrogen-bond donors (Lipinski definition) is 3. The van der Waals surface area contributed by atoms with Crippen LogP contribution in [0.1, 0.15) is 6.42 Å². The second kappa shape index (κ2) is 5.60. The molecule has 0 aliphatic rings.